The molecule has 2 fully saturated rings. The summed E-state index contributed by atoms with van der Waals surface area (Å²) in [6.45, 7) is 10.2. The number of carbonyl (C=O) groups is 1. The largest absolute Gasteiger partial charge is 0.444 e. The molecule has 0 aromatic carbocycles. The minimum atomic E-state index is -0.415. The number of ether oxygens (including phenoxy) is 1. The van der Waals surface area contributed by atoms with Crippen molar-refractivity contribution in [3.8, 4) is 0 Å². The van der Waals surface area contributed by atoms with Crippen molar-refractivity contribution in [2.75, 3.05) is 39.8 Å². The fourth-order valence-electron chi connectivity index (χ4n) is 2.79. The van der Waals surface area contributed by atoms with Gasteiger partial charge in [-0.2, -0.15) is 0 Å². The number of hydrogen-bond donors (Lipinski definition) is 1. The molecule has 104 valence electrons. The van der Waals surface area contributed by atoms with Crippen molar-refractivity contribution in [1.82, 2.24) is 15.1 Å². The Balaban J connectivity index is 1.97. The van der Waals surface area contributed by atoms with E-state index in [2.05, 4.69) is 17.3 Å². The van der Waals surface area contributed by atoms with E-state index in [-0.39, 0.29) is 11.6 Å². The van der Waals surface area contributed by atoms with Gasteiger partial charge in [-0.1, -0.05) is 0 Å². The van der Waals surface area contributed by atoms with Gasteiger partial charge in [0.25, 0.3) is 0 Å². The summed E-state index contributed by atoms with van der Waals surface area (Å²) in [5.74, 6) is 0. The van der Waals surface area contributed by atoms with Crippen LogP contribution in [0, 0.1) is 0 Å². The average molecular weight is 255 g/mol. The molecule has 0 radical (unpaired) electrons. The second kappa shape index (κ2) is 4.70. The predicted molar refractivity (Wildman–Crippen MR) is 70.7 cm³/mol. The molecule has 1 N–H and O–H groups in total. The van der Waals surface area contributed by atoms with E-state index in [1.165, 1.54) is 0 Å². The van der Waals surface area contributed by atoms with Crippen molar-refractivity contribution < 1.29 is 9.53 Å². The first-order chi connectivity index (χ1) is 8.30. The Bertz CT molecular complexity index is 323. The molecule has 0 aromatic heterocycles. The lowest BCUT2D eigenvalue weighted by Crippen LogP contribution is -2.63. The Hall–Kier alpha value is -0.810. The number of amides is 1. The van der Waals surface area contributed by atoms with E-state index in [0.29, 0.717) is 0 Å². The predicted octanol–water partition coefficient (Wildman–Crippen LogP) is 0.901. The molecule has 1 atom stereocenters. The highest BCUT2D eigenvalue weighted by Gasteiger charge is 2.42. The molecule has 0 bridgehead atoms. The van der Waals surface area contributed by atoms with Crippen LogP contribution >= 0.6 is 0 Å². The summed E-state index contributed by atoms with van der Waals surface area (Å²) in [5.41, 5.74) is -0.342. The average Bonchev–Trinajstić information content (AvgIpc) is 2.57. The molecule has 0 aliphatic carbocycles. The Kier molecular flexibility index (Phi) is 3.56. The first-order valence-corrected chi connectivity index (χ1v) is 6.71. The summed E-state index contributed by atoms with van der Waals surface area (Å²) < 4.78 is 5.45. The normalized spacial score (nSPS) is 29.9. The van der Waals surface area contributed by atoms with Gasteiger partial charge in [0.05, 0.1) is 5.54 Å². The third-order valence-electron chi connectivity index (χ3n) is 3.57. The number of nitrogens with one attached hydrogen (secondary N) is 1. The molecule has 2 aliphatic heterocycles. The molecule has 1 unspecified atom stereocenters. The summed E-state index contributed by atoms with van der Waals surface area (Å²) in [6.07, 6.45) is 0.918. The van der Waals surface area contributed by atoms with E-state index in [0.717, 1.165) is 39.1 Å². The van der Waals surface area contributed by atoms with Crippen LogP contribution in [0.25, 0.3) is 0 Å². The first kappa shape index (κ1) is 13.6. The summed E-state index contributed by atoms with van der Waals surface area (Å²) in [5, 5.41) is 3.58. The van der Waals surface area contributed by atoms with Crippen LogP contribution in [-0.2, 0) is 4.74 Å². The van der Waals surface area contributed by atoms with E-state index in [9.17, 15) is 4.79 Å². The second-order valence-corrected chi connectivity index (χ2v) is 6.60. The van der Waals surface area contributed by atoms with Gasteiger partial charge in [-0.05, 0) is 40.8 Å². The van der Waals surface area contributed by atoms with Crippen LogP contribution < -0.4 is 5.32 Å². The lowest BCUT2D eigenvalue weighted by molar-refractivity contribution is 0.0131. The molecule has 2 aliphatic rings. The van der Waals surface area contributed by atoms with Crippen molar-refractivity contribution in [2.24, 2.45) is 0 Å². The molecule has 2 saturated heterocycles. The lowest BCUT2D eigenvalue weighted by Gasteiger charge is -2.41. The molecule has 5 nitrogen and oxygen atoms in total. The number of piperazine rings is 1. The van der Waals surface area contributed by atoms with Gasteiger partial charge < -0.3 is 19.9 Å². The molecule has 18 heavy (non-hydrogen) atoms. The van der Waals surface area contributed by atoms with Crippen LogP contribution in [0.15, 0.2) is 0 Å². The number of likely N-dealkylation sites (N-methyl/N-ethyl adjacent to an activating group) is 1. The van der Waals surface area contributed by atoms with Crippen LogP contribution in [0.2, 0.25) is 0 Å². The minimum Gasteiger partial charge on any atom is -0.444 e. The first-order valence-electron chi connectivity index (χ1n) is 6.71. The zero-order valence-electron chi connectivity index (χ0n) is 12.0. The summed E-state index contributed by atoms with van der Waals surface area (Å²) in [4.78, 5) is 16.3. The molecule has 1 spiro atoms. The van der Waals surface area contributed by atoms with Crippen LogP contribution in [0.1, 0.15) is 27.2 Å². The molecule has 0 saturated carbocycles. The van der Waals surface area contributed by atoms with E-state index >= 15 is 0 Å². The van der Waals surface area contributed by atoms with Crippen LogP contribution in [0.4, 0.5) is 4.79 Å². The number of likely N-dealkylation sites (tertiary alicyclic amines) is 1. The smallest absolute Gasteiger partial charge is 0.410 e. The molecule has 2 rings (SSSR count). The maximum Gasteiger partial charge on any atom is 0.410 e. The van der Waals surface area contributed by atoms with Crippen molar-refractivity contribution in [3.63, 3.8) is 0 Å². The van der Waals surface area contributed by atoms with Gasteiger partial charge in [-0.3, -0.25) is 0 Å². The van der Waals surface area contributed by atoms with Gasteiger partial charge in [0.1, 0.15) is 5.60 Å². The van der Waals surface area contributed by atoms with Gasteiger partial charge in [0.15, 0.2) is 0 Å². The third-order valence-corrected chi connectivity index (χ3v) is 3.57. The Morgan fingerprint density at radius 2 is 2.00 bits per heavy atom. The quantitative estimate of drug-likeness (QED) is 0.698. The zero-order chi connectivity index (χ0) is 13.4. The number of carbonyl (C=O) groups excluding carboxylic acids is 1. The molecule has 0 aromatic rings. The summed E-state index contributed by atoms with van der Waals surface area (Å²) in [7, 11) is 2.13. The molecular weight excluding hydrogens is 230 g/mol. The SMILES string of the molecule is CN1CCC2(C1)CN(C(=O)OC(C)(C)C)CCN2. The van der Waals surface area contributed by atoms with Gasteiger partial charge in [-0.25, -0.2) is 4.79 Å². The topological polar surface area (TPSA) is 44.8 Å². The van der Waals surface area contributed by atoms with Gasteiger partial charge in [-0.15, -0.1) is 0 Å². The van der Waals surface area contributed by atoms with Crippen molar-refractivity contribution >= 4 is 6.09 Å². The Labute approximate surface area is 109 Å². The van der Waals surface area contributed by atoms with Crippen LogP contribution in [0.3, 0.4) is 0 Å². The second-order valence-electron chi connectivity index (χ2n) is 6.60. The lowest BCUT2D eigenvalue weighted by atomic mass is 9.96. The van der Waals surface area contributed by atoms with Crippen molar-refractivity contribution in [3.05, 3.63) is 0 Å². The van der Waals surface area contributed by atoms with E-state index in [1.54, 1.807) is 0 Å². The fourth-order valence-corrected chi connectivity index (χ4v) is 2.79. The van der Waals surface area contributed by atoms with E-state index in [1.807, 2.05) is 25.7 Å². The fraction of sp³-hybridized carbons (Fsp3) is 0.923. The summed E-state index contributed by atoms with van der Waals surface area (Å²) >= 11 is 0. The molecule has 5 heteroatoms. The number of hydrogen-bond acceptors (Lipinski definition) is 4. The third kappa shape index (κ3) is 3.14. The molecular formula is C13H25N3O2. The number of nitrogens with zero attached hydrogens (tertiary/aromatic N) is 2. The van der Waals surface area contributed by atoms with Crippen molar-refractivity contribution in [1.29, 1.82) is 0 Å². The highest BCUT2D eigenvalue weighted by atomic mass is 16.6. The maximum absolute atomic E-state index is 12.1. The highest BCUT2D eigenvalue weighted by Crippen LogP contribution is 2.24. The number of rotatable bonds is 0. The Morgan fingerprint density at radius 1 is 1.28 bits per heavy atom. The highest BCUT2D eigenvalue weighted by molar-refractivity contribution is 5.68. The maximum atomic E-state index is 12.1. The zero-order valence-corrected chi connectivity index (χ0v) is 12.0. The standard InChI is InChI=1S/C13H25N3O2/c1-12(2,3)18-11(17)16-8-6-14-13(10-16)5-7-15(4)9-13/h14H,5-10H2,1-4H3. The van der Waals surface area contributed by atoms with Crippen LogP contribution in [0.5, 0.6) is 0 Å². The van der Waals surface area contributed by atoms with Gasteiger partial charge in [0, 0.05) is 26.2 Å². The molecule has 1 amide bonds. The minimum absolute atomic E-state index is 0.0733. The van der Waals surface area contributed by atoms with E-state index < -0.39 is 5.60 Å². The Morgan fingerprint density at radius 3 is 2.56 bits per heavy atom. The monoisotopic (exact) mass is 255 g/mol. The summed E-state index contributed by atoms with van der Waals surface area (Å²) in [6, 6.07) is 0. The molecule has 2 heterocycles. The van der Waals surface area contributed by atoms with Gasteiger partial charge in [0.2, 0.25) is 0 Å². The van der Waals surface area contributed by atoms with E-state index in [4.69, 9.17) is 4.74 Å². The van der Waals surface area contributed by atoms with Crippen LogP contribution in [-0.4, -0.2) is 66.8 Å². The van der Waals surface area contributed by atoms with Gasteiger partial charge >= 0.3 is 6.09 Å². The van der Waals surface area contributed by atoms with Crippen molar-refractivity contribution in [2.45, 2.75) is 38.3 Å².